The van der Waals surface area contributed by atoms with Crippen molar-refractivity contribution >= 4 is 11.5 Å². The van der Waals surface area contributed by atoms with Gasteiger partial charge in [0.05, 0.1) is 5.69 Å². The van der Waals surface area contributed by atoms with Crippen molar-refractivity contribution < 1.29 is 0 Å². The molecule has 4 rings (SSSR count). The molecule has 3 aromatic heterocycles. The zero-order valence-electron chi connectivity index (χ0n) is 12.5. The summed E-state index contributed by atoms with van der Waals surface area (Å²) in [6, 6.07) is 12.2. The SMILES string of the molecule is c1ccc(N2CCN(Cc3cn4ccccc4n3)CC2)nc1. The van der Waals surface area contributed by atoms with Crippen LogP contribution in [0.1, 0.15) is 5.69 Å². The maximum absolute atomic E-state index is 4.68. The summed E-state index contributed by atoms with van der Waals surface area (Å²) in [6.07, 6.45) is 6.03. The van der Waals surface area contributed by atoms with Crippen molar-refractivity contribution in [3.63, 3.8) is 0 Å². The van der Waals surface area contributed by atoms with Crippen molar-refractivity contribution in [2.75, 3.05) is 31.1 Å². The molecule has 5 nitrogen and oxygen atoms in total. The third kappa shape index (κ3) is 2.67. The minimum absolute atomic E-state index is 0.914. The Labute approximate surface area is 129 Å². The molecule has 0 amide bonds. The summed E-state index contributed by atoms with van der Waals surface area (Å²) in [5.41, 5.74) is 2.15. The fourth-order valence-corrected chi connectivity index (χ4v) is 2.97. The molecule has 22 heavy (non-hydrogen) atoms. The first-order chi connectivity index (χ1) is 10.9. The smallest absolute Gasteiger partial charge is 0.137 e. The molecule has 1 saturated heterocycles. The number of hydrogen-bond donors (Lipinski definition) is 0. The fraction of sp³-hybridized carbons (Fsp3) is 0.294. The van der Waals surface area contributed by atoms with Crippen LogP contribution in [0.2, 0.25) is 0 Å². The highest BCUT2D eigenvalue weighted by molar-refractivity contribution is 5.40. The highest BCUT2D eigenvalue weighted by Gasteiger charge is 2.18. The van der Waals surface area contributed by atoms with E-state index in [0.29, 0.717) is 0 Å². The van der Waals surface area contributed by atoms with Crippen molar-refractivity contribution in [1.82, 2.24) is 19.3 Å². The Morgan fingerprint density at radius 1 is 0.955 bits per heavy atom. The first-order valence-electron chi connectivity index (χ1n) is 7.69. The van der Waals surface area contributed by atoms with Gasteiger partial charge in [0.15, 0.2) is 0 Å². The van der Waals surface area contributed by atoms with Crippen molar-refractivity contribution in [2.24, 2.45) is 0 Å². The van der Waals surface area contributed by atoms with Gasteiger partial charge in [0.25, 0.3) is 0 Å². The largest absolute Gasteiger partial charge is 0.354 e. The van der Waals surface area contributed by atoms with Crippen LogP contribution in [-0.4, -0.2) is 45.4 Å². The van der Waals surface area contributed by atoms with E-state index in [2.05, 4.69) is 36.4 Å². The molecule has 0 N–H and O–H groups in total. The quantitative estimate of drug-likeness (QED) is 0.740. The van der Waals surface area contributed by atoms with E-state index in [1.54, 1.807) is 0 Å². The Hall–Kier alpha value is -2.40. The number of imidazole rings is 1. The van der Waals surface area contributed by atoms with E-state index in [4.69, 9.17) is 0 Å². The zero-order chi connectivity index (χ0) is 14.8. The lowest BCUT2D eigenvalue weighted by Gasteiger charge is -2.35. The van der Waals surface area contributed by atoms with Gasteiger partial charge in [-0.15, -0.1) is 0 Å². The molecule has 0 aliphatic carbocycles. The lowest BCUT2D eigenvalue weighted by atomic mass is 10.3. The molecule has 4 heterocycles. The van der Waals surface area contributed by atoms with Gasteiger partial charge in [0, 0.05) is 51.3 Å². The van der Waals surface area contributed by atoms with Gasteiger partial charge < -0.3 is 9.30 Å². The Kier molecular flexibility index (Phi) is 3.48. The molecule has 1 aliphatic heterocycles. The molecular formula is C17H19N5. The first-order valence-corrected chi connectivity index (χ1v) is 7.69. The molecule has 0 spiro atoms. The fourth-order valence-electron chi connectivity index (χ4n) is 2.97. The number of hydrogen-bond acceptors (Lipinski definition) is 4. The van der Waals surface area contributed by atoms with Crippen LogP contribution in [0, 0.1) is 0 Å². The highest BCUT2D eigenvalue weighted by atomic mass is 15.3. The van der Waals surface area contributed by atoms with Crippen molar-refractivity contribution in [3.05, 3.63) is 60.7 Å². The summed E-state index contributed by atoms with van der Waals surface area (Å²) in [7, 11) is 0. The average Bonchev–Trinajstić information content (AvgIpc) is 2.98. The van der Waals surface area contributed by atoms with Gasteiger partial charge in [0.2, 0.25) is 0 Å². The standard InChI is InChI=1S/C17H19N5/c1-3-7-18-16(5-1)21-11-9-20(10-12-21)13-15-14-22-8-4-2-6-17(22)19-15/h1-8,14H,9-13H2. The highest BCUT2D eigenvalue weighted by Crippen LogP contribution is 2.14. The molecule has 0 radical (unpaired) electrons. The number of piperazine rings is 1. The van der Waals surface area contributed by atoms with E-state index < -0.39 is 0 Å². The summed E-state index contributed by atoms with van der Waals surface area (Å²) in [5.74, 6) is 1.08. The Morgan fingerprint density at radius 3 is 2.59 bits per heavy atom. The molecule has 5 heteroatoms. The van der Waals surface area contributed by atoms with Crippen molar-refractivity contribution in [1.29, 1.82) is 0 Å². The molecule has 0 atom stereocenters. The van der Waals surface area contributed by atoms with Gasteiger partial charge >= 0.3 is 0 Å². The topological polar surface area (TPSA) is 36.7 Å². The van der Waals surface area contributed by atoms with E-state index in [0.717, 1.165) is 49.9 Å². The number of rotatable bonds is 3. The van der Waals surface area contributed by atoms with Crippen molar-refractivity contribution in [3.8, 4) is 0 Å². The lowest BCUT2D eigenvalue weighted by Crippen LogP contribution is -2.46. The number of pyridine rings is 2. The summed E-state index contributed by atoms with van der Waals surface area (Å²) in [6.45, 7) is 5.04. The first kappa shape index (κ1) is 13.3. The second kappa shape index (κ2) is 5.77. The normalized spacial score (nSPS) is 16.3. The van der Waals surface area contributed by atoms with Crippen LogP contribution < -0.4 is 4.90 Å². The summed E-state index contributed by atoms with van der Waals surface area (Å²) in [5, 5.41) is 0. The van der Waals surface area contributed by atoms with Gasteiger partial charge in [-0.2, -0.15) is 0 Å². The van der Waals surface area contributed by atoms with Crippen LogP contribution in [0.3, 0.4) is 0 Å². The minimum atomic E-state index is 0.914. The predicted molar refractivity (Wildman–Crippen MR) is 86.9 cm³/mol. The molecule has 1 aliphatic rings. The Morgan fingerprint density at radius 2 is 1.82 bits per heavy atom. The average molecular weight is 293 g/mol. The van der Waals surface area contributed by atoms with Gasteiger partial charge in [-0.25, -0.2) is 9.97 Å². The maximum Gasteiger partial charge on any atom is 0.137 e. The maximum atomic E-state index is 4.68. The molecule has 0 saturated carbocycles. The monoisotopic (exact) mass is 293 g/mol. The summed E-state index contributed by atoms with van der Waals surface area (Å²) in [4.78, 5) is 13.9. The summed E-state index contributed by atoms with van der Waals surface area (Å²) < 4.78 is 2.08. The lowest BCUT2D eigenvalue weighted by molar-refractivity contribution is 0.247. The van der Waals surface area contributed by atoms with Crippen LogP contribution in [0.15, 0.2) is 55.0 Å². The van der Waals surface area contributed by atoms with E-state index in [1.807, 2.05) is 42.7 Å². The molecule has 3 aromatic rings. The number of aromatic nitrogens is 3. The van der Waals surface area contributed by atoms with E-state index in [9.17, 15) is 0 Å². The van der Waals surface area contributed by atoms with Gasteiger partial charge in [-0.05, 0) is 24.3 Å². The van der Waals surface area contributed by atoms with Crippen LogP contribution in [0.5, 0.6) is 0 Å². The van der Waals surface area contributed by atoms with Crippen molar-refractivity contribution in [2.45, 2.75) is 6.54 Å². The second-order valence-corrected chi connectivity index (χ2v) is 5.65. The molecule has 1 fully saturated rings. The molecule has 0 unspecified atom stereocenters. The second-order valence-electron chi connectivity index (χ2n) is 5.65. The summed E-state index contributed by atoms with van der Waals surface area (Å²) >= 11 is 0. The zero-order valence-corrected chi connectivity index (χ0v) is 12.5. The Balaban J connectivity index is 1.39. The van der Waals surface area contributed by atoms with Gasteiger partial charge in [-0.3, -0.25) is 4.90 Å². The van der Waals surface area contributed by atoms with Crippen LogP contribution >= 0.6 is 0 Å². The van der Waals surface area contributed by atoms with Crippen LogP contribution in [-0.2, 0) is 6.54 Å². The Bertz CT molecular complexity index is 711. The van der Waals surface area contributed by atoms with Crippen LogP contribution in [0.4, 0.5) is 5.82 Å². The number of anilines is 1. The molecule has 112 valence electrons. The third-order valence-corrected chi connectivity index (χ3v) is 4.15. The predicted octanol–water partition coefficient (Wildman–Crippen LogP) is 2.05. The van der Waals surface area contributed by atoms with Gasteiger partial charge in [-0.1, -0.05) is 12.1 Å². The molecule has 0 bridgehead atoms. The van der Waals surface area contributed by atoms with Crippen LogP contribution in [0.25, 0.3) is 5.65 Å². The number of nitrogens with zero attached hydrogens (tertiary/aromatic N) is 5. The van der Waals surface area contributed by atoms with Gasteiger partial charge in [0.1, 0.15) is 11.5 Å². The number of fused-ring (bicyclic) bond motifs is 1. The van der Waals surface area contributed by atoms with E-state index in [-0.39, 0.29) is 0 Å². The van der Waals surface area contributed by atoms with E-state index >= 15 is 0 Å². The van der Waals surface area contributed by atoms with E-state index in [1.165, 1.54) is 0 Å². The third-order valence-electron chi connectivity index (χ3n) is 4.15. The molecule has 0 aromatic carbocycles. The molecular weight excluding hydrogens is 274 g/mol. The minimum Gasteiger partial charge on any atom is -0.354 e.